The van der Waals surface area contributed by atoms with Crippen LogP contribution in [0.3, 0.4) is 0 Å². The van der Waals surface area contributed by atoms with Crippen LogP contribution in [0.25, 0.3) is 11.6 Å². The van der Waals surface area contributed by atoms with E-state index < -0.39 is 11.6 Å². The fourth-order valence-electron chi connectivity index (χ4n) is 4.51. The number of amides is 1. The van der Waals surface area contributed by atoms with Gasteiger partial charge in [0.05, 0.1) is 0 Å². The molecule has 3 aromatic carbocycles. The Labute approximate surface area is 202 Å². The van der Waals surface area contributed by atoms with Crippen molar-refractivity contribution in [2.75, 3.05) is 16.8 Å². The predicted octanol–water partition coefficient (Wildman–Crippen LogP) is 6.72. The van der Waals surface area contributed by atoms with E-state index in [-0.39, 0.29) is 5.91 Å². The molecule has 2 heterocycles. The molecule has 5 rings (SSSR count). The number of nitrogens with one attached hydrogen (secondary N) is 2. The number of rotatable bonds is 5. The number of hydrogen-bond donors (Lipinski definition) is 2. The average molecular weight is 470 g/mol. The van der Waals surface area contributed by atoms with Crippen LogP contribution in [0.1, 0.15) is 38.4 Å². The zero-order valence-corrected chi connectivity index (χ0v) is 19.5. The number of H-pyrrole nitrogens is 1. The molecule has 1 aromatic heterocycles. The third-order valence-electron chi connectivity index (χ3n) is 6.20. The van der Waals surface area contributed by atoms with Crippen LogP contribution in [0.4, 0.5) is 20.2 Å². The molecule has 1 amide bonds. The van der Waals surface area contributed by atoms with Crippen LogP contribution in [0.15, 0.2) is 72.8 Å². The molecule has 0 spiro atoms. The molecule has 0 unspecified atom stereocenters. The number of aromatic nitrogens is 1. The Kier molecular flexibility index (Phi) is 5.95. The summed E-state index contributed by atoms with van der Waals surface area (Å²) in [5, 5.41) is 2.98. The van der Waals surface area contributed by atoms with Gasteiger partial charge in [-0.1, -0.05) is 24.3 Å². The van der Waals surface area contributed by atoms with Crippen LogP contribution < -0.4 is 10.2 Å². The number of nitrogens with zero attached hydrogens (tertiary/aromatic N) is 1. The van der Waals surface area contributed by atoms with Gasteiger partial charge in [-0.05, 0) is 85.2 Å². The van der Waals surface area contributed by atoms with Crippen molar-refractivity contribution in [1.82, 2.24) is 4.98 Å². The van der Waals surface area contributed by atoms with Crippen LogP contribution in [0.5, 0.6) is 0 Å². The molecule has 0 atom stereocenters. The maximum atomic E-state index is 13.8. The maximum absolute atomic E-state index is 13.8. The summed E-state index contributed by atoms with van der Waals surface area (Å²) in [6.07, 6.45) is 2.12. The molecule has 1 aliphatic heterocycles. The van der Waals surface area contributed by atoms with Crippen molar-refractivity contribution in [3.8, 4) is 0 Å². The zero-order chi connectivity index (χ0) is 24.5. The Hall–Kier alpha value is -4.19. The summed E-state index contributed by atoms with van der Waals surface area (Å²) in [5.41, 5.74) is 8.24. The monoisotopic (exact) mass is 469 g/mol. The average Bonchev–Trinajstić information content (AvgIpc) is 3.34. The number of aromatic amines is 1. The van der Waals surface area contributed by atoms with E-state index in [2.05, 4.69) is 34.3 Å². The summed E-state index contributed by atoms with van der Waals surface area (Å²) < 4.78 is 27.3. The molecule has 6 heteroatoms. The van der Waals surface area contributed by atoms with Crippen LogP contribution in [-0.2, 0) is 6.54 Å². The normalized spacial score (nSPS) is 13.8. The van der Waals surface area contributed by atoms with E-state index in [0.717, 1.165) is 39.8 Å². The zero-order valence-electron chi connectivity index (χ0n) is 19.5. The number of carbonyl (C=O) groups is 1. The first-order valence-corrected chi connectivity index (χ1v) is 11.4. The fourth-order valence-corrected chi connectivity index (χ4v) is 4.51. The Balaban J connectivity index is 1.50. The second kappa shape index (κ2) is 9.22. The molecule has 176 valence electrons. The summed E-state index contributed by atoms with van der Waals surface area (Å²) in [6, 6.07) is 21.0. The lowest BCUT2D eigenvalue weighted by atomic mass is 10.0. The molecule has 35 heavy (non-hydrogen) atoms. The van der Waals surface area contributed by atoms with E-state index in [9.17, 15) is 13.6 Å². The molecule has 4 nitrogen and oxygen atoms in total. The van der Waals surface area contributed by atoms with E-state index in [4.69, 9.17) is 0 Å². The first-order chi connectivity index (χ1) is 16.9. The third-order valence-corrected chi connectivity index (χ3v) is 6.20. The standard InChI is InChI=1S/C29H25F2N3O/c1-18-12-19(2)32-27(18)14-22-17-34(16-20-8-10-25(30)26(31)13-20)28-11-9-23(15-24(22)28)33-29(35)21-6-4-3-5-7-21/h3-15,32H,16-17H2,1-2H3,(H,33,35). The van der Waals surface area contributed by atoms with Crippen molar-refractivity contribution >= 4 is 28.9 Å². The Morgan fingerprint density at radius 3 is 2.51 bits per heavy atom. The predicted molar refractivity (Wildman–Crippen MR) is 136 cm³/mol. The highest BCUT2D eigenvalue weighted by Crippen LogP contribution is 2.39. The second-order valence-corrected chi connectivity index (χ2v) is 8.88. The minimum atomic E-state index is -0.854. The van der Waals surface area contributed by atoms with Gasteiger partial charge in [-0.3, -0.25) is 4.79 Å². The Morgan fingerprint density at radius 2 is 1.80 bits per heavy atom. The van der Waals surface area contributed by atoms with Gasteiger partial charge in [-0.15, -0.1) is 0 Å². The number of carbonyl (C=O) groups excluding carboxylic acids is 1. The second-order valence-electron chi connectivity index (χ2n) is 8.88. The molecule has 0 bridgehead atoms. The summed E-state index contributed by atoms with van der Waals surface area (Å²) in [5.74, 6) is -1.88. The van der Waals surface area contributed by atoms with Gasteiger partial charge in [0, 0.05) is 47.0 Å². The lowest BCUT2D eigenvalue weighted by molar-refractivity contribution is 0.102. The number of anilines is 2. The quantitative estimate of drug-likeness (QED) is 0.341. The number of fused-ring (bicyclic) bond motifs is 1. The van der Waals surface area contributed by atoms with E-state index >= 15 is 0 Å². The summed E-state index contributed by atoms with van der Waals surface area (Å²) >= 11 is 0. The summed E-state index contributed by atoms with van der Waals surface area (Å²) in [7, 11) is 0. The van der Waals surface area contributed by atoms with Crippen LogP contribution in [0, 0.1) is 25.5 Å². The van der Waals surface area contributed by atoms with Gasteiger partial charge in [0.1, 0.15) is 0 Å². The smallest absolute Gasteiger partial charge is 0.255 e. The van der Waals surface area contributed by atoms with Crippen molar-refractivity contribution in [2.24, 2.45) is 0 Å². The van der Waals surface area contributed by atoms with Gasteiger partial charge in [-0.25, -0.2) is 8.78 Å². The summed E-state index contributed by atoms with van der Waals surface area (Å²) in [6.45, 7) is 5.10. The molecule has 2 N–H and O–H groups in total. The topological polar surface area (TPSA) is 48.1 Å². The highest BCUT2D eigenvalue weighted by atomic mass is 19.2. The van der Waals surface area contributed by atoms with Crippen molar-refractivity contribution in [1.29, 1.82) is 0 Å². The van der Waals surface area contributed by atoms with Crippen molar-refractivity contribution in [2.45, 2.75) is 20.4 Å². The number of aryl methyl sites for hydroxylation is 2. The Bertz CT molecular complexity index is 1440. The van der Waals surface area contributed by atoms with E-state index in [0.29, 0.717) is 29.9 Å². The first-order valence-electron chi connectivity index (χ1n) is 11.4. The maximum Gasteiger partial charge on any atom is 0.255 e. The lowest BCUT2D eigenvalue weighted by Crippen LogP contribution is -2.19. The highest BCUT2D eigenvalue weighted by molar-refractivity contribution is 6.05. The van der Waals surface area contributed by atoms with E-state index in [1.807, 2.05) is 43.3 Å². The van der Waals surface area contributed by atoms with Crippen LogP contribution >= 0.6 is 0 Å². The molecule has 0 saturated heterocycles. The molecule has 4 aromatic rings. The van der Waals surface area contributed by atoms with Gasteiger partial charge in [0.2, 0.25) is 0 Å². The Morgan fingerprint density at radius 1 is 1.00 bits per heavy atom. The van der Waals surface area contributed by atoms with Gasteiger partial charge in [0.25, 0.3) is 5.91 Å². The highest BCUT2D eigenvalue weighted by Gasteiger charge is 2.25. The molecular formula is C29H25F2N3O. The SMILES string of the molecule is Cc1cc(C)c(C=C2CN(Cc3ccc(F)c(F)c3)c3ccc(NC(=O)c4ccccc4)cc32)[nH]1. The van der Waals surface area contributed by atoms with Gasteiger partial charge >= 0.3 is 0 Å². The minimum absolute atomic E-state index is 0.177. The number of halogens is 2. The number of hydrogen-bond acceptors (Lipinski definition) is 2. The fraction of sp³-hybridized carbons (Fsp3) is 0.138. The van der Waals surface area contributed by atoms with E-state index in [1.165, 1.54) is 6.07 Å². The largest absolute Gasteiger partial charge is 0.362 e. The molecule has 0 radical (unpaired) electrons. The third kappa shape index (κ3) is 4.73. The van der Waals surface area contributed by atoms with Gasteiger partial charge < -0.3 is 15.2 Å². The first kappa shape index (κ1) is 22.6. The van der Waals surface area contributed by atoms with E-state index in [1.54, 1.807) is 18.2 Å². The molecule has 0 saturated carbocycles. The molecule has 0 fully saturated rings. The van der Waals surface area contributed by atoms with Gasteiger partial charge in [0.15, 0.2) is 11.6 Å². The minimum Gasteiger partial charge on any atom is -0.362 e. The van der Waals surface area contributed by atoms with Crippen molar-refractivity contribution < 1.29 is 13.6 Å². The van der Waals surface area contributed by atoms with Crippen molar-refractivity contribution in [3.05, 3.63) is 118 Å². The van der Waals surface area contributed by atoms with Crippen LogP contribution in [0.2, 0.25) is 0 Å². The summed E-state index contributed by atoms with van der Waals surface area (Å²) in [4.78, 5) is 18.2. The van der Waals surface area contributed by atoms with Crippen LogP contribution in [-0.4, -0.2) is 17.4 Å². The van der Waals surface area contributed by atoms with Gasteiger partial charge in [-0.2, -0.15) is 0 Å². The molecule has 0 aliphatic carbocycles. The lowest BCUT2D eigenvalue weighted by Gasteiger charge is -2.19. The molecular weight excluding hydrogens is 444 g/mol. The van der Waals surface area contributed by atoms with Crippen molar-refractivity contribution in [3.63, 3.8) is 0 Å². The number of benzene rings is 3. The molecule has 1 aliphatic rings.